The summed E-state index contributed by atoms with van der Waals surface area (Å²) in [5.41, 5.74) is 3.51. The highest BCUT2D eigenvalue weighted by molar-refractivity contribution is 7.13. The summed E-state index contributed by atoms with van der Waals surface area (Å²) >= 11 is 1.33. The number of thiazole rings is 1. The van der Waals surface area contributed by atoms with Crippen LogP contribution in [0.15, 0.2) is 60.0 Å². The summed E-state index contributed by atoms with van der Waals surface area (Å²) in [4.78, 5) is 28.5. The Morgan fingerprint density at radius 3 is 2.36 bits per heavy atom. The summed E-state index contributed by atoms with van der Waals surface area (Å²) in [6.45, 7) is 2.09. The van der Waals surface area contributed by atoms with Crippen LogP contribution in [0, 0.1) is 0 Å². The maximum Gasteiger partial charge on any atom is 0.325 e. The summed E-state index contributed by atoms with van der Waals surface area (Å²) in [6.07, 6.45) is 1.81. The summed E-state index contributed by atoms with van der Waals surface area (Å²) in [7, 11) is 0. The van der Waals surface area contributed by atoms with E-state index in [0.717, 1.165) is 17.8 Å². The first-order valence-corrected chi connectivity index (χ1v) is 9.96. The zero-order valence-electron chi connectivity index (χ0n) is 15.6. The molecule has 0 saturated carbocycles. The number of hydrogen-bond donors (Lipinski definition) is 3. The second kappa shape index (κ2) is 9.66. The second-order valence-corrected chi connectivity index (χ2v) is 7.05. The summed E-state index contributed by atoms with van der Waals surface area (Å²) in [6, 6.07) is 16.7. The molecule has 0 aliphatic heterocycles. The van der Waals surface area contributed by atoms with Crippen molar-refractivity contribution >= 4 is 39.8 Å². The molecule has 1 heterocycles. The molecule has 3 rings (SSSR count). The molecule has 0 atom stereocenters. The molecule has 0 unspecified atom stereocenters. The number of para-hydroxylation sites is 1. The molecule has 0 aliphatic rings. The molecule has 3 amide bonds. The first-order chi connectivity index (χ1) is 13.6. The quantitative estimate of drug-likeness (QED) is 0.532. The minimum absolute atomic E-state index is 0.0615. The van der Waals surface area contributed by atoms with E-state index in [1.165, 1.54) is 16.9 Å². The number of aryl methyl sites for hydroxylation is 2. The van der Waals surface area contributed by atoms with Gasteiger partial charge in [0.1, 0.15) is 0 Å². The van der Waals surface area contributed by atoms with Crippen molar-refractivity contribution in [3.63, 3.8) is 0 Å². The molecule has 0 radical (unpaired) electrons. The van der Waals surface area contributed by atoms with Crippen LogP contribution in [0.2, 0.25) is 0 Å². The van der Waals surface area contributed by atoms with Crippen molar-refractivity contribution < 1.29 is 9.59 Å². The van der Waals surface area contributed by atoms with Crippen LogP contribution in [0.4, 0.5) is 21.3 Å². The van der Waals surface area contributed by atoms with Gasteiger partial charge in [0.15, 0.2) is 5.13 Å². The fourth-order valence-corrected chi connectivity index (χ4v) is 3.29. The van der Waals surface area contributed by atoms with Crippen molar-refractivity contribution in [3.8, 4) is 0 Å². The minimum atomic E-state index is -0.347. The van der Waals surface area contributed by atoms with E-state index >= 15 is 0 Å². The van der Waals surface area contributed by atoms with Gasteiger partial charge in [-0.1, -0.05) is 37.3 Å². The van der Waals surface area contributed by atoms with Crippen molar-refractivity contribution in [2.45, 2.75) is 26.2 Å². The third-order valence-electron chi connectivity index (χ3n) is 4.06. The van der Waals surface area contributed by atoms with E-state index in [-0.39, 0.29) is 11.9 Å². The van der Waals surface area contributed by atoms with Crippen molar-refractivity contribution in [2.75, 3.05) is 16.0 Å². The Hall–Kier alpha value is -3.19. The molecule has 28 heavy (non-hydrogen) atoms. The number of carbonyl (C=O) groups excluding carboxylic acids is 2. The van der Waals surface area contributed by atoms with Crippen molar-refractivity contribution in [1.82, 2.24) is 4.98 Å². The monoisotopic (exact) mass is 394 g/mol. The number of aromatic nitrogens is 1. The van der Waals surface area contributed by atoms with E-state index in [0.29, 0.717) is 23.7 Å². The number of nitrogens with zero attached hydrogens (tertiary/aromatic N) is 1. The Morgan fingerprint density at radius 1 is 0.929 bits per heavy atom. The summed E-state index contributed by atoms with van der Waals surface area (Å²) in [5, 5.41) is 10.7. The van der Waals surface area contributed by atoms with Crippen molar-refractivity contribution in [1.29, 1.82) is 0 Å². The number of amides is 3. The molecule has 1 aromatic heterocycles. The molecule has 0 bridgehead atoms. The molecule has 7 heteroatoms. The van der Waals surface area contributed by atoms with E-state index in [2.05, 4.69) is 27.9 Å². The first-order valence-electron chi connectivity index (χ1n) is 9.08. The fourth-order valence-electron chi connectivity index (χ4n) is 2.55. The molecule has 0 aliphatic carbocycles. The summed E-state index contributed by atoms with van der Waals surface area (Å²) < 4.78 is 0. The van der Waals surface area contributed by atoms with Gasteiger partial charge in [-0.2, -0.15) is 0 Å². The maximum atomic E-state index is 12.1. The van der Waals surface area contributed by atoms with Gasteiger partial charge in [-0.15, -0.1) is 11.3 Å². The molecule has 3 N–H and O–H groups in total. The normalized spacial score (nSPS) is 10.3. The maximum absolute atomic E-state index is 12.1. The Bertz CT molecular complexity index is 923. The third-order valence-corrected chi connectivity index (χ3v) is 4.86. The lowest BCUT2D eigenvalue weighted by Gasteiger charge is -2.05. The van der Waals surface area contributed by atoms with Gasteiger partial charge in [-0.05, 0) is 42.7 Å². The van der Waals surface area contributed by atoms with Gasteiger partial charge in [0.25, 0.3) is 0 Å². The van der Waals surface area contributed by atoms with Gasteiger partial charge in [-0.3, -0.25) is 10.1 Å². The predicted octanol–water partition coefficient (Wildman–Crippen LogP) is 4.92. The lowest BCUT2D eigenvalue weighted by Crippen LogP contribution is -2.19. The van der Waals surface area contributed by atoms with Crippen LogP contribution < -0.4 is 16.0 Å². The molecule has 0 saturated heterocycles. The third kappa shape index (κ3) is 5.92. The number of hydrogen-bond acceptors (Lipinski definition) is 4. The zero-order chi connectivity index (χ0) is 19.8. The minimum Gasteiger partial charge on any atom is -0.326 e. The van der Waals surface area contributed by atoms with Gasteiger partial charge in [-0.25, -0.2) is 9.78 Å². The van der Waals surface area contributed by atoms with Crippen LogP contribution in [0.5, 0.6) is 0 Å². The van der Waals surface area contributed by atoms with E-state index in [9.17, 15) is 9.59 Å². The van der Waals surface area contributed by atoms with Crippen LogP contribution in [-0.2, 0) is 17.6 Å². The number of rotatable bonds is 7. The molecule has 2 aromatic carbocycles. The van der Waals surface area contributed by atoms with Crippen molar-refractivity contribution in [2.24, 2.45) is 0 Å². The molecular weight excluding hydrogens is 372 g/mol. The predicted molar refractivity (Wildman–Crippen MR) is 114 cm³/mol. The number of carbonyl (C=O) groups is 2. The van der Waals surface area contributed by atoms with Crippen LogP contribution in [0.3, 0.4) is 0 Å². The smallest absolute Gasteiger partial charge is 0.325 e. The highest BCUT2D eigenvalue weighted by Crippen LogP contribution is 2.18. The lowest BCUT2D eigenvalue weighted by molar-refractivity contribution is -0.116. The van der Waals surface area contributed by atoms with Crippen LogP contribution in [-0.4, -0.2) is 16.9 Å². The highest BCUT2D eigenvalue weighted by Gasteiger charge is 2.09. The van der Waals surface area contributed by atoms with Gasteiger partial charge < -0.3 is 10.6 Å². The summed E-state index contributed by atoms with van der Waals surface area (Å²) in [5.74, 6) is -0.0615. The number of urea groups is 1. The van der Waals surface area contributed by atoms with Crippen LogP contribution >= 0.6 is 11.3 Å². The van der Waals surface area contributed by atoms with E-state index in [1.54, 1.807) is 12.1 Å². The average molecular weight is 395 g/mol. The first kappa shape index (κ1) is 19.6. The number of benzene rings is 2. The van der Waals surface area contributed by atoms with Crippen LogP contribution in [0.1, 0.15) is 24.6 Å². The molecular formula is C21H22N4O2S. The Kier molecular flexibility index (Phi) is 6.75. The van der Waals surface area contributed by atoms with Gasteiger partial charge in [0.2, 0.25) is 5.91 Å². The SMILES string of the molecule is CCc1ccc(NC(=O)CCc2csc(NC(=O)Nc3ccccc3)n2)cc1. The second-order valence-electron chi connectivity index (χ2n) is 6.19. The van der Waals surface area contributed by atoms with Gasteiger partial charge in [0.05, 0.1) is 5.69 Å². The number of nitrogens with one attached hydrogen (secondary N) is 3. The molecule has 6 nitrogen and oxygen atoms in total. The average Bonchev–Trinajstić information content (AvgIpc) is 3.15. The van der Waals surface area contributed by atoms with Gasteiger partial charge >= 0.3 is 6.03 Å². The largest absolute Gasteiger partial charge is 0.326 e. The lowest BCUT2D eigenvalue weighted by atomic mass is 10.1. The van der Waals surface area contributed by atoms with Crippen LogP contribution in [0.25, 0.3) is 0 Å². The highest BCUT2D eigenvalue weighted by atomic mass is 32.1. The fraction of sp³-hybridized carbons (Fsp3) is 0.190. The van der Waals surface area contributed by atoms with Gasteiger partial charge in [0, 0.05) is 23.2 Å². The zero-order valence-corrected chi connectivity index (χ0v) is 16.4. The Morgan fingerprint density at radius 2 is 1.64 bits per heavy atom. The molecule has 0 spiro atoms. The number of anilines is 3. The van der Waals surface area contributed by atoms with Crippen molar-refractivity contribution in [3.05, 3.63) is 71.2 Å². The standard InChI is InChI=1S/C21H22N4O2S/c1-2-15-8-10-17(11-9-15)22-19(26)13-12-18-14-28-21(24-18)25-20(27)23-16-6-4-3-5-7-16/h3-11,14H,2,12-13H2,1H3,(H,22,26)(H2,23,24,25,27). The molecule has 0 fully saturated rings. The van der Waals surface area contributed by atoms with E-state index in [4.69, 9.17) is 0 Å². The molecule has 144 valence electrons. The Labute approximate surface area is 168 Å². The molecule has 3 aromatic rings. The Balaban J connectivity index is 1.44. The van der Waals surface area contributed by atoms with E-state index in [1.807, 2.05) is 47.8 Å². The topological polar surface area (TPSA) is 83.1 Å². The van der Waals surface area contributed by atoms with E-state index < -0.39 is 0 Å².